The third kappa shape index (κ3) is 5.94. The molecule has 0 aliphatic rings. The molecule has 1 N–H and O–H groups in total. The number of aryl methyl sites for hydroxylation is 1. The molecule has 0 fully saturated rings. The lowest BCUT2D eigenvalue weighted by molar-refractivity contribution is 0.304. The fourth-order valence-electron chi connectivity index (χ4n) is 1.66. The van der Waals surface area contributed by atoms with Gasteiger partial charge in [-0.15, -0.1) is 0 Å². The maximum absolute atomic E-state index is 6.04. The van der Waals surface area contributed by atoms with Crippen LogP contribution in [0.5, 0.6) is 5.75 Å². The lowest BCUT2D eigenvalue weighted by atomic mass is 10.2. The van der Waals surface area contributed by atoms with Crippen LogP contribution in [0, 0.1) is 6.92 Å². The van der Waals surface area contributed by atoms with Crippen LogP contribution in [0.15, 0.2) is 18.2 Å². The summed E-state index contributed by atoms with van der Waals surface area (Å²) < 4.78 is 5.68. The van der Waals surface area contributed by atoms with Gasteiger partial charge in [-0.2, -0.15) is 0 Å². The summed E-state index contributed by atoms with van der Waals surface area (Å²) >= 11 is 6.04. The Morgan fingerprint density at radius 2 is 1.94 bits per heavy atom. The first-order valence-electron chi connectivity index (χ1n) is 6.27. The van der Waals surface area contributed by atoms with Gasteiger partial charge >= 0.3 is 0 Å². The smallest absolute Gasteiger partial charge is 0.138 e. The van der Waals surface area contributed by atoms with Crippen molar-refractivity contribution in [2.75, 3.05) is 20.2 Å². The molecule has 17 heavy (non-hydrogen) atoms. The van der Waals surface area contributed by atoms with Crippen LogP contribution in [-0.2, 0) is 0 Å². The minimum Gasteiger partial charge on any atom is -0.492 e. The lowest BCUT2D eigenvalue weighted by Crippen LogP contribution is -2.07. The zero-order valence-corrected chi connectivity index (χ0v) is 11.5. The van der Waals surface area contributed by atoms with E-state index in [1.54, 1.807) is 0 Å². The molecule has 0 amide bonds. The van der Waals surface area contributed by atoms with Crippen LogP contribution in [-0.4, -0.2) is 20.2 Å². The molecule has 3 heteroatoms. The summed E-state index contributed by atoms with van der Waals surface area (Å²) in [7, 11) is 1.99. The van der Waals surface area contributed by atoms with Crippen LogP contribution in [0.3, 0.4) is 0 Å². The second-order valence-corrected chi connectivity index (χ2v) is 4.71. The molecule has 1 aromatic rings. The van der Waals surface area contributed by atoms with Crippen molar-refractivity contribution in [3.63, 3.8) is 0 Å². The highest BCUT2D eigenvalue weighted by molar-refractivity contribution is 6.32. The van der Waals surface area contributed by atoms with Crippen molar-refractivity contribution in [2.45, 2.75) is 32.6 Å². The van der Waals surface area contributed by atoms with E-state index in [2.05, 4.69) is 5.32 Å². The van der Waals surface area contributed by atoms with Crippen molar-refractivity contribution >= 4 is 11.6 Å². The van der Waals surface area contributed by atoms with Crippen molar-refractivity contribution in [1.82, 2.24) is 5.32 Å². The number of rotatable bonds is 8. The summed E-state index contributed by atoms with van der Waals surface area (Å²) in [6.45, 7) is 3.90. The first kappa shape index (κ1) is 14.3. The van der Waals surface area contributed by atoms with Gasteiger partial charge in [0.15, 0.2) is 0 Å². The predicted molar refractivity (Wildman–Crippen MR) is 74.1 cm³/mol. The van der Waals surface area contributed by atoms with E-state index in [1.807, 2.05) is 32.2 Å². The maximum atomic E-state index is 6.04. The zero-order chi connectivity index (χ0) is 12.5. The molecule has 0 saturated carbocycles. The Morgan fingerprint density at radius 3 is 2.71 bits per heavy atom. The second-order valence-electron chi connectivity index (χ2n) is 4.30. The van der Waals surface area contributed by atoms with Gasteiger partial charge in [-0.05, 0) is 51.1 Å². The first-order chi connectivity index (χ1) is 8.24. The molecule has 0 spiro atoms. The summed E-state index contributed by atoms with van der Waals surface area (Å²) in [5.74, 6) is 0.807. The average molecular weight is 256 g/mol. The molecular formula is C14H22ClNO. The van der Waals surface area contributed by atoms with Crippen LogP contribution in [0.2, 0.25) is 5.02 Å². The standard InChI is InChI=1S/C14H22ClNO/c1-12-7-8-13(15)14(11-12)17-10-6-4-3-5-9-16-2/h7-8,11,16H,3-6,9-10H2,1-2H3. The molecule has 1 rings (SSSR count). The van der Waals surface area contributed by atoms with Gasteiger partial charge < -0.3 is 10.1 Å². The van der Waals surface area contributed by atoms with Gasteiger partial charge in [0.05, 0.1) is 11.6 Å². The Bertz CT molecular complexity index is 328. The Morgan fingerprint density at radius 1 is 1.18 bits per heavy atom. The van der Waals surface area contributed by atoms with Crippen LogP contribution in [0.4, 0.5) is 0 Å². The van der Waals surface area contributed by atoms with E-state index in [4.69, 9.17) is 16.3 Å². The third-order valence-corrected chi connectivity index (χ3v) is 2.98. The first-order valence-corrected chi connectivity index (χ1v) is 6.65. The highest BCUT2D eigenvalue weighted by Gasteiger charge is 2.01. The topological polar surface area (TPSA) is 21.3 Å². The van der Waals surface area contributed by atoms with E-state index in [-0.39, 0.29) is 0 Å². The van der Waals surface area contributed by atoms with Gasteiger partial charge in [-0.3, -0.25) is 0 Å². The van der Waals surface area contributed by atoms with E-state index in [0.29, 0.717) is 5.02 Å². The molecule has 0 unspecified atom stereocenters. The normalized spacial score (nSPS) is 10.5. The van der Waals surface area contributed by atoms with Gasteiger partial charge in [0.25, 0.3) is 0 Å². The van der Waals surface area contributed by atoms with Crippen molar-refractivity contribution in [3.05, 3.63) is 28.8 Å². The lowest BCUT2D eigenvalue weighted by Gasteiger charge is -2.08. The Kier molecular flexibility index (Phi) is 7.06. The predicted octanol–water partition coefficient (Wildman–Crippen LogP) is 3.81. The highest BCUT2D eigenvalue weighted by Crippen LogP contribution is 2.25. The Hall–Kier alpha value is -0.730. The van der Waals surface area contributed by atoms with Gasteiger partial charge in [0, 0.05) is 0 Å². The zero-order valence-electron chi connectivity index (χ0n) is 10.8. The molecule has 0 radical (unpaired) electrons. The van der Waals surface area contributed by atoms with Gasteiger partial charge in [0.2, 0.25) is 0 Å². The molecule has 0 atom stereocenters. The fraction of sp³-hybridized carbons (Fsp3) is 0.571. The number of halogens is 1. The molecule has 0 saturated heterocycles. The maximum Gasteiger partial charge on any atom is 0.138 e. The number of benzene rings is 1. The number of nitrogens with one attached hydrogen (secondary N) is 1. The second kappa shape index (κ2) is 8.37. The summed E-state index contributed by atoms with van der Waals surface area (Å²) in [5, 5.41) is 3.85. The van der Waals surface area contributed by atoms with E-state index < -0.39 is 0 Å². The van der Waals surface area contributed by atoms with Crippen LogP contribution in [0.1, 0.15) is 31.2 Å². The highest BCUT2D eigenvalue weighted by atomic mass is 35.5. The van der Waals surface area contributed by atoms with E-state index >= 15 is 0 Å². The summed E-state index contributed by atoms with van der Waals surface area (Å²) in [6.07, 6.45) is 4.80. The summed E-state index contributed by atoms with van der Waals surface area (Å²) in [6, 6.07) is 5.87. The molecule has 2 nitrogen and oxygen atoms in total. The SMILES string of the molecule is CNCCCCCCOc1cc(C)ccc1Cl. The fourth-order valence-corrected chi connectivity index (χ4v) is 1.83. The van der Waals surface area contributed by atoms with Crippen molar-refractivity contribution < 1.29 is 4.74 Å². The van der Waals surface area contributed by atoms with E-state index in [1.165, 1.54) is 24.8 Å². The largest absolute Gasteiger partial charge is 0.492 e. The molecule has 0 aliphatic heterocycles. The van der Waals surface area contributed by atoms with Crippen LogP contribution < -0.4 is 10.1 Å². The molecule has 0 aromatic heterocycles. The monoisotopic (exact) mass is 255 g/mol. The number of ether oxygens (including phenoxy) is 1. The van der Waals surface area contributed by atoms with Crippen LogP contribution in [0.25, 0.3) is 0 Å². The van der Waals surface area contributed by atoms with E-state index in [9.17, 15) is 0 Å². The number of unbranched alkanes of at least 4 members (excludes halogenated alkanes) is 3. The van der Waals surface area contributed by atoms with Crippen molar-refractivity contribution in [3.8, 4) is 5.75 Å². The summed E-state index contributed by atoms with van der Waals surface area (Å²) in [4.78, 5) is 0. The average Bonchev–Trinajstić information content (AvgIpc) is 2.32. The Balaban J connectivity index is 2.15. The van der Waals surface area contributed by atoms with Crippen molar-refractivity contribution in [1.29, 1.82) is 0 Å². The molecular weight excluding hydrogens is 234 g/mol. The van der Waals surface area contributed by atoms with Crippen LogP contribution >= 0.6 is 11.6 Å². The minimum atomic E-state index is 0.700. The molecule has 1 aromatic carbocycles. The molecule has 96 valence electrons. The van der Waals surface area contributed by atoms with Gasteiger partial charge in [-0.1, -0.05) is 30.5 Å². The van der Waals surface area contributed by atoms with E-state index in [0.717, 1.165) is 25.3 Å². The summed E-state index contributed by atoms with van der Waals surface area (Å²) in [5.41, 5.74) is 1.18. The third-order valence-electron chi connectivity index (χ3n) is 2.67. The number of hydrogen-bond donors (Lipinski definition) is 1. The molecule has 0 bridgehead atoms. The Labute approximate surface area is 109 Å². The minimum absolute atomic E-state index is 0.700. The van der Waals surface area contributed by atoms with Crippen molar-refractivity contribution in [2.24, 2.45) is 0 Å². The van der Waals surface area contributed by atoms with Gasteiger partial charge in [0.1, 0.15) is 5.75 Å². The quantitative estimate of drug-likeness (QED) is 0.714. The molecule has 0 aliphatic carbocycles. The number of hydrogen-bond acceptors (Lipinski definition) is 2. The van der Waals surface area contributed by atoms with Gasteiger partial charge in [-0.25, -0.2) is 0 Å². The molecule has 0 heterocycles.